The second-order valence-corrected chi connectivity index (χ2v) is 4.16. The first-order valence-electron chi connectivity index (χ1n) is 5.71. The van der Waals surface area contributed by atoms with Gasteiger partial charge in [-0.3, -0.25) is 4.79 Å². The van der Waals surface area contributed by atoms with Crippen LogP contribution in [0.5, 0.6) is 0 Å². The normalized spacial score (nSPS) is 9.95. The Labute approximate surface area is 110 Å². The van der Waals surface area contributed by atoms with Crippen LogP contribution >= 0.6 is 0 Å². The van der Waals surface area contributed by atoms with Crippen LogP contribution in [-0.4, -0.2) is 5.91 Å². The monoisotopic (exact) mass is 255 g/mol. The maximum absolute atomic E-state index is 11.4. The number of hydrogen-bond donors (Lipinski definition) is 2. The largest absolute Gasteiger partial charge is 0.397 e. The van der Waals surface area contributed by atoms with Crippen molar-refractivity contribution in [2.24, 2.45) is 5.18 Å². The van der Waals surface area contributed by atoms with E-state index in [1.807, 2.05) is 25.1 Å². The summed E-state index contributed by atoms with van der Waals surface area (Å²) in [5.74, 6) is -0.811. The van der Waals surface area contributed by atoms with Crippen molar-refractivity contribution < 1.29 is 4.79 Å². The van der Waals surface area contributed by atoms with E-state index in [4.69, 9.17) is 5.73 Å². The minimum Gasteiger partial charge on any atom is -0.397 e. The summed E-state index contributed by atoms with van der Waals surface area (Å²) in [6, 6.07) is 12.2. The van der Waals surface area contributed by atoms with Crippen LogP contribution in [0.1, 0.15) is 15.9 Å². The highest BCUT2D eigenvalue weighted by Crippen LogP contribution is 2.26. The first kappa shape index (κ1) is 12.8. The molecule has 2 aromatic rings. The number of nitrogen functional groups attached to an aromatic ring is 1. The second kappa shape index (κ2) is 5.30. The van der Waals surface area contributed by atoms with E-state index in [-0.39, 0.29) is 5.56 Å². The fraction of sp³-hybridized carbons (Fsp3) is 0.0714. The third-order valence-corrected chi connectivity index (χ3v) is 2.72. The highest BCUT2D eigenvalue weighted by molar-refractivity contribution is 6.01. The maximum atomic E-state index is 11.4. The van der Waals surface area contributed by atoms with E-state index < -0.39 is 5.91 Å². The minimum atomic E-state index is -0.811. The van der Waals surface area contributed by atoms with Crippen molar-refractivity contribution >= 4 is 23.0 Å². The van der Waals surface area contributed by atoms with Crippen LogP contribution in [0.15, 0.2) is 47.6 Å². The summed E-state index contributed by atoms with van der Waals surface area (Å²) in [7, 11) is 0. The zero-order chi connectivity index (χ0) is 13.8. The summed E-state index contributed by atoms with van der Waals surface area (Å²) < 4.78 is 0. The van der Waals surface area contributed by atoms with Gasteiger partial charge in [-0.25, -0.2) is 0 Å². The SMILES string of the molecule is Cc1ccc(Nc2ccccc2C(=O)N=O)c(N)c1. The number of amides is 1. The van der Waals surface area contributed by atoms with Gasteiger partial charge in [0.05, 0.1) is 22.6 Å². The Morgan fingerprint density at radius 1 is 1.16 bits per heavy atom. The molecule has 96 valence electrons. The van der Waals surface area contributed by atoms with Gasteiger partial charge in [0.15, 0.2) is 0 Å². The van der Waals surface area contributed by atoms with Crippen LogP contribution in [0.2, 0.25) is 0 Å². The number of nitrogens with one attached hydrogen (secondary N) is 1. The van der Waals surface area contributed by atoms with E-state index in [1.54, 1.807) is 18.2 Å². The molecule has 0 aliphatic heterocycles. The van der Waals surface area contributed by atoms with Crippen molar-refractivity contribution in [1.82, 2.24) is 0 Å². The average Bonchev–Trinajstić information content (AvgIpc) is 2.41. The molecule has 0 aromatic heterocycles. The molecule has 2 rings (SSSR count). The summed E-state index contributed by atoms with van der Waals surface area (Å²) >= 11 is 0. The Morgan fingerprint density at radius 3 is 2.58 bits per heavy atom. The summed E-state index contributed by atoms with van der Waals surface area (Å²) in [6.07, 6.45) is 0. The van der Waals surface area contributed by atoms with Crippen molar-refractivity contribution in [1.29, 1.82) is 0 Å². The number of aryl methyl sites for hydroxylation is 1. The van der Waals surface area contributed by atoms with Gasteiger partial charge >= 0.3 is 5.91 Å². The molecule has 0 bridgehead atoms. The number of carbonyl (C=O) groups excluding carboxylic acids is 1. The zero-order valence-electron chi connectivity index (χ0n) is 10.4. The first-order valence-corrected chi connectivity index (χ1v) is 5.71. The lowest BCUT2D eigenvalue weighted by molar-refractivity contribution is 0.100. The lowest BCUT2D eigenvalue weighted by Gasteiger charge is -2.12. The van der Waals surface area contributed by atoms with E-state index in [2.05, 4.69) is 10.5 Å². The van der Waals surface area contributed by atoms with Gasteiger partial charge in [0.2, 0.25) is 0 Å². The minimum absolute atomic E-state index is 0.220. The van der Waals surface area contributed by atoms with E-state index in [1.165, 1.54) is 6.07 Å². The molecule has 0 saturated carbocycles. The fourth-order valence-electron chi connectivity index (χ4n) is 1.77. The van der Waals surface area contributed by atoms with Gasteiger partial charge in [0, 0.05) is 5.18 Å². The fourth-order valence-corrected chi connectivity index (χ4v) is 1.77. The Morgan fingerprint density at radius 2 is 1.89 bits per heavy atom. The van der Waals surface area contributed by atoms with E-state index in [9.17, 15) is 9.70 Å². The zero-order valence-corrected chi connectivity index (χ0v) is 10.4. The van der Waals surface area contributed by atoms with Gasteiger partial charge in [-0.1, -0.05) is 18.2 Å². The van der Waals surface area contributed by atoms with Crippen LogP contribution in [0, 0.1) is 11.8 Å². The Kier molecular flexibility index (Phi) is 3.56. The number of nitroso groups, excluding NO2 is 1. The molecule has 5 nitrogen and oxygen atoms in total. The van der Waals surface area contributed by atoms with Crippen molar-refractivity contribution in [2.75, 3.05) is 11.1 Å². The summed E-state index contributed by atoms with van der Waals surface area (Å²) in [6.45, 7) is 1.94. The number of para-hydroxylation sites is 1. The molecule has 0 spiro atoms. The second-order valence-electron chi connectivity index (χ2n) is 4.16. The molecule has 0 atom stereocenters. The molecule has 0 heterocycles. The van der Waals surface area contributed by atoms with Gasteiger partial charge in [-0.05, 0) is 36.8 Å². The molecule has 19 heavy (non-hydrogen) atoms. The predicted octanol–water partition coefficient (Wildman–Crippen LogP) is 3.23. The van der Waals surface area contributed by atoms with Crippen LogP contribution in [-0.2, 0) is 0 Å². The van der Waals surface area contributed by atoms with Gasteiger partial charge < -0.3 is 11.1 Å². The van der Waals surface area contributed by atoms with Crippen LogP contribution in [0.3, 0.4) is 0 Å². The molecule has 1 amide bonds. The smallest absolute Gasteiger partial charge is 0.318 e. The standard InChI is InChI=1S/C14H13N3O2/c1-9-6-7-13(11(15)8-9)16-12-5-3-2-4-10(12)14(18)17-19/h2-8,16H,15H2,1H3. The number of rotatable bonds is 3. The Balaban J connectivity index is 2.38. The molecule has 3 N–H and O–H groups in total. The molecule has 0 radical (unpaired) electrons. The van der Waals surface area contributed by atoms with Crippen LogP contribution in [0.4, 0.5) is 17.1 Å². The van der Waals surface area contributed by atoms with Crippen molar-refractivity contribution in [3.05, 3.63) is 58.5 Å². The summed E-state index contributed by atoms with van der Waals surface area (Å²) in [5, 5.41) is 5.48. The molecule has 0 aliphatic carbocycles. The molecule has 2 aromatic carbocycles. The van der Waals surface area contributed by atoms with E-state index in [0.29, 0.717) is 17.1 Å². The van der Waals surface area contributed by atoms with Crippen molar-refractivity contribution in [2.45, 2.75) is 6.92 Å². The van der Waals surface area contributed by atoms with Crippen molar-refractivity contribution in [3.63, 3.8) is 0 Å². The third-order valence-electron chi connectivity index (χ3n) is 2.72. The molecular formula is C14H13N3O2. The number of nitrogens with zero attached hydrogens (tertiary/aromatic N) is 1. The highest BCUT2D eigenvalue weighted by Gasteiger charge is 2.11. The maximum Gasteiger partial charge on any atom is 0.318 e. The molecule has 5 heteroatoms. The predicted molar refractivity (Wildman–Crippen MR) is 75.4 cm³/mol. The van der Waals surface area contributed by atoms with E-state index >= 15 is 0 Å². The van der Waals surface area contributed by atoms with Crippen LogP contribution in [0.25, 0.3) is 0 Å². The molecule has 0 aliphatic rings. The lowest BCUT2D eigenvalue weighted by atomic mass is 10.1. The summed E-state index contributed by atoms with van der Waals surface area (Å²) in [5.41, 5.74) is 8.91. The quantitative estimate of drug-likeness (QED) is 0.651. The number of hydrogen-bond acceptors (Lipinski definition) is 4. The van der Waals surface area contributed by atoms with Gasteiger partial charge in [-0.2, -0.15) is 0 Å². The molecule has 0 fully saturated rings. The number of carbonyl (C=O) groups is 1. The number of nitrogens with two attached hydrogens (primary N) is 1. The molecule has 0 saturated heterocycles. The topological polar surface area (TPSA) is 84.5 Å². The van der Waals surface area contributed by atoms with Gasteiger partial charge in [0.25, 0.3) is 0 Å². The lowest BCUT2D eigenvalue weighted by Crippen LogP contribution is -2.02. The van der Waals surface area contributed by atoms with Gasteiger partial charge in [-0.15, -0.1) is 4.91 Å². The molecular weight excluding hydrogens is 242 g/mol. The van der Waals surface area contributed by atoms with Gasteiger partial charge in [0.1, 0.15) is 0 Å². The van der Waals surface area contributed by atoms with E-state index in [0.717, 1.165) is 5.56 Å². The third kappa shape index (κ3) is 2.77. The Hall–Kier alpha value is -2.69. The number of anilines is 3. The molecule has 0 unspecified atom stereocenters. The average molecular weight is 255 g/mol. The summed E-state index contributed by atoms with van der Waals surface area (Å²) in [4.78, 5) is 21.8. The van der Waals surface area contributed by atoms with Crippen LogP contribution < -0.4 is 11.1 Å². The highest BCUT2D eigenvalue weighted by atomic mass is 16.3. The number of benzene rings is 2. The Bertz CT molecular complexity index is 638. The van der Waals surface area contributed by atoms with Crippen molar-refractivity contribution in [3.8, 4) is 0 Å². The first-order chi connectivity index (χ1) is 9.11.